The third-order valence-electron chi connectivity index (χ3n) is 5.53. The van der Waals surface area contributed by atoms with E-state index in [9.17, 15) is 14.0 Å². The maximum atomic E-state index is 13.2. The SMILES string of the molecule is CC(C)CC(NC(=O)c1ccc(F)cc1)C1CCN(C(=O)Oc2ccc(Cl)cc2)CC1. The molecule has 1 heterocycles. The first-order valence-corrected chi connectivity index (χ1v) is 11.0. The van der Waals surface area contributed by atoms with Crippen LogP contribution in [-0.4, -0.2) is 36.0 Å². The molecule has 166 valence electrons. The summed E-state index contributed by atoms with van der Waals surface area (Å²) >= 11 is 5.86. The van der Waals surface area contributed by atoms with Crippen molar-refractivity contribution in [1.29, 1.82) is 0 Å². The van der Waals surface area contributed by atoms with Crippen LogP contribution in [0.2, 0.25) is 5.02 Å². The van der Waals surface area contributed by atoms with Crippen LogP contribution in [0.15, 0.2) is 48.5 Å². The number of carbonyl (C=O) groups excluding carboxylic acids is 2. The van der Waals surface area contributed by atoms with Crippen molar-refractivity contribution in [3.05, 3.63) is 64.9 Å². The number of nitrogens with zero attached hydrogens (tertiary/aromatic N) is 1. The minimum atomic E-state index is -0.378. The Bertz CT molecular complexity index is 879. The molecule has 0 saturated carbocycles. The molecule has 1 N–H and O–H groups in total. The number of likely N-dealkylation sites (tertiary alicyclic amines) is 1. The van der Waals surface area contributed by atoms with E-state index in [-0.39, 0.29) is 29.8 Å². The zero-order chi connectivity index (χ0) is 22.4. The van der Waals surface area contributed by atoms with Crippen LogP contribution in [0.4, 0.5) is 9.18 Å². The lowest BCUT2D eigenvalue weighted by Gasteiger charge is -2.36. The highest BCUT2D eigenvalue weighted by Crippen LogP contribution is 2.26. The number of benzene rings is 2. The van der Waals surface area contributed by atoms with Crippen molar-refractivity contribution < 1.29 is 18.7 Å². The number of hydrogen-bond acceptors (Lipinski definition) is 3. The minimum absolute atomic E-state index is 0.00742. The zero-order valence-corrected chi connectivity index (χ0v) is 18.6. The summed E-state index contributed by atoms with van der Waals surface area (Å²) in [5.41, 5.74) is 0.444. The van der Waals surface area contributed by atoms with Crippen molar-refractivity contribution in [3.8, 4) is 5.75 Å². The highest BCUT2D eigenvalue weighted by Gasteiger charge is 2.30. The highest BCUT2D eigenvalue weighted by atomic mass is 35.5. The Balaban J connectivity index is 1.57. The van der Waals surface area contributed by atoms with Gasteiger partial charge in [0.15, 0.2) is 0 Å². The van der Waals surface area contributed by atoms with Gasteiger partial charge in [0.1, 0.15) is 11.6 Å². The van der Waals surface area contributed by atoms with Gasteiger partial charge in [-0.15, -0.1) is 0 Å². The molecule has 1 saturated heterocycles. The first kappa shape index (κ1) is 23.1. The Morgan fingerprint density at radius 3 is 2.29 bits per heavy atom. The summed E-state index contributed by atoms with van der Waals surface area (Å²) < 4.78 is 18.6. The number of amides is 2. The normalized spacial score (nSPS) is 15.6. The molecule has 3 rings (SSSR count). The summed E-state index contributed by atoms with van der Waals surface area (Å²) in [5, 5.41) is 3.72. The Morgan fingerprint density at radius 2 is 1.71 bits per heavy atom. The van der Waals surface area contributed by atoms with Crippen LogP contribution in [-0.2, 0) is 0 Å². The van der Waals surface area contributed by atoms with Gasteiger partial charge in [0, 0.05) is 29.7 Å². The van der Waals surface area contributed by atoms with E-state index >= 15 is 0 Å². The van der Waals surface area contributed by atoms with Crippen molar-refractivity contribution in [2.75, 3.05) is 13.1 Å². The molecule has 1 fully saturated rings. The fourth-order valence-electron chi connectivity index (χ4n) is 3.88. The summed E-state index contributed by atoms with van der Waals surface area (Å²) in [6, 6.07) is 12.2. The molecule has 0 bridgehead atoms. The van der Waals surface area contributed by atoms with Gasteiger partial charge in [0.2, 0.25) is 0 Å². The van der Waals surface area contributed by atoms with Crippen LogP contribution < -0.4 is 10.1 Å². The summed E-state index contributed by atoms with van der Waals surface area (Å²) in [5.74, 6) is 0.557. The third kappa shape index (κ3) is 6.69. The van der Waals surface area contributed by atoms with Crippen molar-refractivity contribution in [2.45, 2.75) is 39.2 Å². The van der Waals surface area contributed by atoms with Gasteiger partial charge in [0.05, 0.1) is 0 Å². The van der Waals surface area contributed by atoms with E-state index in [1.54, 1.807) is 29.2 Å². The van der Waals surface area contributed by atoms with Crippen LogP contribution in [0.5, 0.6) is 5.75 Å². The van der Waals surface area contributed by atoms with Crippen molar-refractivity contribution in [1.82, 2.24) is 10.2 Å². The van der Waals surface area contributed by atoms with Crippen molar-refractivity contribution in [2.24, 2.45) is 11.8 Å². The number of piperidine rings is 1. The molecule has 0 aromatic heterocycles. The van der Waals surface area contributed by atoms with E-state index in [2.05, 4.69) is 19.2 Å². The summed E-state index contributed by atoms with van der Waals surface area (Å²) in [6.45, 7) is 5.38. The zero-order valence-electron chi connectivity index (χ0n) is 17.8. The topological polar surface area (TPSA) is 58.6 Å². The van der Waals surface area contributed by atoms with Gasteiger partial charge in [0.25, 0.3) is 5.91 Å². The van der Waals surface area contributed by atoms with Crippen LogP contribution >= 0.6 is 11.6 Å². The standard InChI is InChI=1S/C24H28ClFN2O3/c1-16(2)15-22(27-23(29)18-3-7-20(26)8-4-18)17-11-13-28(14-12-17)24(30)31-21-9-5-19(25)6-10-21/h3-10,16-17,22H,11-15H2,1-2H3,(H,27,29). The average Bonchev–Trinajstić information content (AvgIpc) is 2.75. The molecule has 7 heteroatoms. The van der Waals surface area contributed by atoms with Crippen LogP contribution in [0, 0.1) is 17.7 Å². The fourth-order valence-corrected chi connectivity index (χ4v) is 4.01. The number of ether oxygens (including phenoxy) is 1. The molecule has 2 amide bonds. The van der Waals surface area contributed by atoms with Crippen molar-refractivity contribution >= 4 is 23.6 Å². The lowest BCUT2D eigenvalue weighted by molar-refractivity contribution is 0.0871. The second kappa shape index (κ2) is 10.6. The van der Waals surface area contributed by atoms with Gasteiger partial charge >= 0.3 is 6.09 Å². The summed E-state index contributed by atoms with van der Waals surface area (Å²) in [7, 11) is 0. The predicted molar refractivity (Wildman–Crippen MR) is 119 cm³/mol. The largest absolute Gasteiger partial charge is 0.415 e. The van der Waals surface area contributed by atoms with Crippen LogP contribution in [0.3, 0.4) is 0 Å². The molecule has 2 aromatic rings. The maximum absolute atomic E-state index is 13.2. The van der Waals surface area contributed by atoms with E-state index in [4.69, 9.17) is 16.3 Å². The van der Waals surface area contributed by atoms with Gasteiger partial charge in [-0.3, -0.25) is 4.79 Å². The van der Waals surface area contributed by atoms with E-state index in [1.165, 1.54) is 24.3 Å². The smallest absolute Gasteiger partial charge is 0.410 e. The van der Waals surface area contributed by atoms with Gasteiger partial charge in [-0.1, -0.05) is 25.4 Å². The molecule has 1 atom stereocenters. The van der Waals surface area contributed by atoms with Crippen LogP contribution in [0.1, 0.15) is 43.5 Å². The van der Waals surface area contributed by atoms with E-state index < -0.39 is 0 Å². The van der Waals surface area contributed by atoms with Gasteiger partial charge in [-0.2, -0.15) is 0 Å². The molecular weight excluding hydrogens is 419 g/mol. The number of halogens is 2. The lowest BCUT2D eigenvalue weighted by atomic mass is 9.85. The number of rotatable bonds is 6. The fraction of sp³-hybridized carbons (Fsp3) is 0.417. The van der Waals surface area contributed by atoms with Crippen LogP contribution in [0.25, 0.3) is 0 Å². The molecule has 0 spiro atoms. The third-order valence-corrected chi connectivity index (χ3v) is 5.79. The second-order valence-electron chi connectivity index (χ2n) is 8.36. The Hall–Kier alpha value is -2.60. The van der Waals surface area contributed by atoms with Gasteiger partial charge in [-0.05, 0) is 79.6 Å². The van der Waals surface area contributed by atoms with Gasteiger partial charge < -0.3 is 15.0 Å². The second-order valence-corrected chi connectivity index (χ2v) is 8.80. The monoisotopic (exact) mass is 446 g/mol. The quantitative estimate of drug-likeness (QED) is 0.634. The summed E-state index contributed by atoms with van der Waals surface area (Å²) in [4.78, 5) is 26.8. The molecule has 31 heavy (non-hydrogen) atoms. The van der Waals surface area contributed by atoms with E-state index in [0.717, 1.165) is 19.3 Å². The average molecular weight is 447 g/mol. The highest BCUT2D eigenvalue weighted by molar-refractivity contribution is 6.30. The Morgan fingerprint density at radius 1 is 1.10 bits per heavy atom. The first-order chi connectivity index (χ1) is 14.8. The van der Waals surface area contributed by atoms with Gasteiger partial charge in [-0.25, -0.2) is 9.18 Å². The van der Waals surface area contributed by atoms with E-state index in [1.807, 2.05) is 0 Å². The molecular formula is C24H28ClFN2O3. The summed E-state index contributed by atoms with van der Waals surface area (Å²) in [6.07, 6.45) is 2.01. The number of carbonyl (C=O) groups is 2. The molecule has 2 aromatic carbocycles. The molecule has 0 aliphatic carbocycles. The van der Waals surface area contributed by atoms with Crippen molar-refractivity contribution in [3.63, 3.8) is 0 Å². The predicted octanol–water partition coefficient (Wildman–Crippen LogP) is 5.53. The van der Waals surface area contributed by atoms with E-state index in [0.29, 0.717) is 35.3 Å². The number of hydrogen-bond donors (Lipinski definition) is 1. The molecule has 5 nitrogen and oxygen atoms in total. The molecule has 1 aliphatic heterocycles. The number of nitrogens with one attached hydrogen (secondary N) is 1. The molecule has 1 unspecified atom stereocenters. The first-order valence-electron chi connectivity index (χ1n) is 10.6. The maximum Gasteiger partial charge on any atom is 0.415 e. The molecule has 0 radical (unpaired) electrons. The minimum Gasteiger partial charge on any atom is -0.410 e. The Labute approximate surface area is 187 Å². The Kier molecular flexibility index (Phi) is 7.91. The lowest BCUT2D eigenvalue weighted by Crippen LogP contribution is -2.47. The molecule has 1 aliphatic rings.